The fourth-order valence-electron chi connectivity index (χ4n) is 2.58. The average molecular weight is 285 g/mol. The third kappa shape index (κ3) is 2.42. The molecule has 1 aliphatic heterocycles. The maximum absolute atomic E-state index is 12.4. The number of esters is 1. The number of benzene rings is 1. The molecule has 1 fully saturated rings. The lowest BCUT2D eigenvalue weighted by atomic mass is 9.85. The lowest BCUT2D eigenvalue weighted by Crippen LogP contribution is -2.57. The number of rotatable bonds is 4. The molecule has 1 aliphatic rings. The molecule has 1 saturated heterocycles. The second kappa shape index (κ2) is 5.44. The molecule has 5 nitrogen and oxygen atoms in total. The smallest absolute Gasteiger partial charge is 0.302 e. The second-order valence-electron chi connectivity index (χ2n) is 4.91. The largest absolute Gasteiger partial charge is 0.467 e. The van der Waals surface area contributed by atoms with Gasteiger partial charge in [-0.25, -0.2) is 0 Å². The van der Waals surface area contributed by atoms with Crippen molar-refractivity contribution in [3.05, 3.63) is 54.5 Å². The minimum Gasteiger partial charge on any atom is -0.467 e. The molecule has 2 aromatic rings. The van der Waals surface area contributed by atoms with Gasteiger partial charge in [-0.1, -0.05) is 18.2 Å². The lowest BCUT2D eigenvalue weighted by molar-refractivity contribution is -0.147. The van der Waals surface area contributed by atoms with Crippen LogP contribution in [0, 0.1) is 5.92 Å². The van der Waals surface area contributed by atoms with Crippen molar-refractivity contribution < 1.29 is 18.7 Å². The van der Waals surface area contributed by atoms with E-state index in [0.29, 0.717) is 5.76 Å². The van der Waals surface area contributed by atoms with E-state index in [2.05, 4.69) is 0 Å². The monoisotopic (exact) mass is 285 g/mol. The van der Waals surface area contributed by atoms with Crippen LogP contribution < -0.4 is 4.90 Å². The fraction of sp³-hybridized carbons (Fsp3) is 0.250. The van der Waals surface area contributed by atoms with Gasteiger partial charge in [-0.2, -0.15) is 0 Å². The minimum absolute atomic E-state index is 0.0659. The molecular weight excluding hydrogens is 270 g/mol. The van der Waals surface area contributed by atoms with Crippen molar-refractivity contribution in [2.24, 2.45) is 5.92 Å². The molecule has 1 aromatic heterocycles. The number of furan rings is 1. The van der Waals surface area contributed by atoms with E-state index >= 15 is 0 Å². The molecule has 0 spiro atoms. The first-order chi connectivity index (χ1) is 10.2. The molecule has 0 bridgehead atoms. The number of amides is 1. The molecule has 5 heteroatoms. The van der Waals surface area contributed by atoms with Crippen molar-refractivity contribution in [2.75, 3.05) is 11.5 Å². The zero-order chi connectivity index (χ0) is 14.8. The molecule has 21 heavy (non-hydrogen) atoms. The Morgan fingerprint density at radius 1 is 1.24 bits per heavy atom. The maximum Gasteiger partial charge on any atom is 0.302 e. The van der Waals surface area contributed by atoms with Gasteiger partial charge in [0.05, 0.1) is 6.26 Å². The van der Waals surface area contributed by atoms with E-state index in [-0.39, 0.29) is 24.5 Å². The van der Waals surface area contributed by atoms with Crippen LogP contribution in [0.3, 0.4) is 0 Å². The van der Waals surface area contributed by atoms with Gasteiger partial charge in [-0.3, -0.25) is 9.59 Å². The van der Waals surface area contributed by atoms with E-state index in [9.17, 15) is 9.59 Å². The Bertz CT molecular complexity index is 636. The second-order valence-corrected chi connectivity index (χ2v) is 4.91. The van der Waals surface area contributed by atoms with Crippen LogP contribution in [-0.4, -0.2) is 18.5 Å². The summed E-state index contributed by atoms with van der Waals surface area (Å²) in [6.45, 7) is 1.41. The number of carbonyl (C=O) groups is 2. The number of hydrogen-bond acceptors (Lipinski definition) is 4. The highest BCUT2D eigenvalue weighted by atomic mass is 16.5. The summed E-state index contributed by atoms with van der Waals surface area (Å²) < 4.78 is 10.4. The van der Waals surface area contributed by atoms with E-state index in [1.807, 2.05) is 36.4 Å². The molecule has 2 heterocycles. The summed E-state index contributed by atoms with van der Waals surface area (Å²) in [7, 11) is 0. The molecule has 3 rings (SSSR count). The van der Waals surface area contributed by atoms with Crippen molar-refractivity contribution in [1.82, 2.24) is 0 Å². The van der Waals surface area contributed by atoms with Crippen molar-refractivity contribution in [2.45, 2.75) is 13.0 Å². The number of ether oxygens (including phenoxy) is 1. The van der Waals surface area contributed by atoms with Crippen molar-refractivity contribution in [1.29, 1.82) is 0 Å². The van der Waals surface area contributed by atoms with Crippen LogP contribution in [0.2, 0.25) is 0 Å². The maximum atomic E-state index is 12.4. The van der Waals surface area contributed by atoms with Gasteiger partial charge in [0, 0.05) is 12.6 Å². The normalized spacial score (nSPS) is 21.0. The number of nitrogens with zero attached hydrogens (tertiary/aromatic N) is 1. The Labute approximate surface area is 122 Å². The van der Waals surface area contributed by atoms with Gasteiger partial charge in [-0.05, 0) is 24.3 Å². The predicted octanol–water partition coefficient (Wildman–Crippen LogP) is 2.55. The standard InChI is InChI=1S/C16H15NO4/c1-11(18)21-10-13-15(14-8-5-9-20-14)17(16(13)19)12-6-3-2-4-7-12/h2-9,13,15H,10H2,1H3/t13-,15-/m0/s1. The summed E-state index contributed by atoms with van der Waals surface area (Å²) in [4.78, 5) is 25.0. The van der Waals surface area contributed by atoms with Crippen LogP contribution in [0.4, 0.5) is 5.69 Å². The van der Waals surface area contributed by atoms with Crippen LogP contribution >= 0.6 is 0 Å². The van der Waals surface area contributed by atoms with Crippen molar-refractivity contribution in [3.8, 4) is 0 Å². The van der Waals surface area contributed by atoms with Crippen LogP contribution in [0.5, 0.6) is 0 Å². The number of anilines is 1. The summed E-state index contributed by atoms with van der Waals surface area (Å²) >= 11 is 0. The molecule has 1 aromatic carbocycles. The Balaban J connectivity index is 1.87. The van der Waals surface area contributed by atoms with Crippen LogP contribution in [0.15, 0.2) is 53.1 Å². The van der Waals surface area contributed by atoms with Gasteiger partial charge in [0.15, 0.2) is 0 Å². The zero-order valence-electron chi connectivity index (χ0n) is 11.6. The Hall–Kier alpha value is -2.56. The van der Waals surface area contributed by atoms with Gasteiger partial charge < -0.3 is 14.1 Å². The number of β-lactam (4-membered cyclic amide) rings is 1. The first kappa shape index (κ1) is 13.4. The van der Waals surface area contributed by atoms with Gasteiger partial charge in [0.25, 0.3) is 0 Å². The predicted molar refractivity (Wildman–Crippen MR) is 75.5 cm³/mol. The molecule has 0 unspecified atom stereocenters. The van der Waals surface area contributed by atoms with Crippen LogP contribution in [-0.2, 0) is 14.3 Å². The highest BCUT2D eigenvalue weighted by molar-refractivity contribution is 6.03. The Kier molecular flexibility index (Phi) is 3.48. The molecule has 0 N–H and O–H groups in total. The summed E-state index contributed by atoms with van der Waals surface area (Å²) in [5.41, 5.74) is 0.808. The molecule has 1 amide bonds. The molecular formula is C16H15NO4. The third-order valence-electron chi connectivity index (χ3n) is 3.55. The van der Waals surface area contributed by atoms with Gasteiger partial charge in [0.2, 0.25) is 5.91 Å². The van der Waals surface area contributed by atoms with E-state index < -0.39 is 5.92 Å². The molecule has 108 valence electrons. The summed E-state index contributed by atoms with van der Waals surface area (Å²) in [6, 6.07) is 12.8. The van der Waals surface area contributed by atoms with Crippen molar-refractivity contribution in [3.63, 3.8) is 0 Å². The first-order valence-corrected chi connectivity index (χ1v) is 6.73. The highest BCUT2D eigenvalue weighted by Gasteiger charge is 2.50. The summed E-state index contributed by atoms with van der Waals surface area (Å²) in [5.74, 6) is -0.168. The number of para-hydroxylation sites is 1. The van der Waals surface area contributed by atoms with Crippen LogP contribution in [0.1, 0.15) is 18.7 Å². The van der Waals surface area contributed by atoms with E-state index in [1.165, 1.54) is 6.92 Å². The summed E-state index contributed by atoms with van der Waals surface area (Å²) in [6.07, 6.45) is 1.57. The Morgan fingerprint density at radius 3 is 2.62 bits per heavy atom. The van der Waals surface area contributed by atoms with E-state index in [4.69, 9.17) is 9.15 Å². The van der Waals surface area contributed by atoms with Gasteiger partial charge >= 0.3 is 5.97 Å². The topological polar surface area (TPSA) is 59.8 Å². The Morgan fingerprint density at radius 2 is 2.00 bits per heavy atom. The number of carbonyl (C=O) groups excluding carboxylic acids is 2. The van der Waals surface area contributed by atoms with Crippen LogP contribution in [0.25, 0.3) is 0 Å². The average Bonchev–Trinajstić information content (AvgIpc) is 2.99. The fourth-order valence-corrected chi connectivity index (χ4v) is 2.58. The zero-order valence-corrected chi connectivity index (χ0v) is 11.6. The number of hydrogen-bond donors (Lipinski definition) is 0. The first-order valence-electron chi connectivity index (χ1n) is 6.73. The highest BCUT2D eigenvalue weighted by Crippen LogP contribution is 2.43. The van der Waals surface area contributed by atoms with E-state index in [1.54, 1.807) is 17.2 Å². The molecule has 0 aliphatic carbocycles. The van der Waals surface area contributed by atoms with E-state index in [0.717, 1.165) is 5.69 Å². The SMILES string of the molecule is CC(=O)OC[C@@H]1C(=O)N(c2ccccc2)[C@@H]1c1ccco1. The molecule has 0 saturated carbocycles. The quantitative estimate of drug-likeness (QED) is 0.640. The summed E-state index contributed by atoms with van der Waals surface area (Å²) in [5, 5.41) is 0. The minimum atomic E-state index is -0.403. The van der Waals surface area contributed by atoms with Gasteiger partial charge in [-0.15, -0.1) is 0 Å². The third-order valence-corrected chi connectivity index (χ3v) is 3.55. The molecule has 2 atom stereocenters. The van der Waals surface area contributed by atoms with Crippen molar-refractivity contribution >= 4 is 17.6 Å². The molecule has 0 radical (unpaired) electrons. The lowest BCUT2D eigenvalue weighted by Gasteiger charge is -2.45. The van der Waals surface area contributed by atoms with Gasteiger partial charge in [0.1, 0.15) is 24.3 Å².